The number of carbonyl (C=O) groups excluding carboxylic acids is 1. The maximum Gasteiger partial charge on any atom is 0.337 e. The van der Waals surface area contributed by atoms with Gasteiger partial charge >= 0.3 is 5.97 Å². The van der Waals surface area contributed by atoms with Gasteiger partial charge in [0, 0.05) is 6.42 Å². The van der Waals surface area contributed by atoms with Gasteiger partial charge in [-0.2, -0.15) is 0 Å². The summed E-state index contributed by atoms with van der Waals surface area (Å²) in [5, 5.41) is 0. The second kappa shape index (κ2) is 10.7. The molecule has 1 rings (SSSR count). The minimum Gasteiger partial charge on any atom is -0.500 e. The number of rotatable bonds is 11. The van der Waals surface area contributed by atoms with Crippen molar-refractivity contribution in [3.05, 3.63) is 11.3 Å². The first-order valence-corrected chi connectivity index (χ1v) is 8.63. The smallest absolute Gasteiger partial charge is 0.337 e. The predicted octanol–water partition coefficient (Wildman–Crippen LogP) is 5.14. The Balaban J connectivity index is 2.05. The Hall–Kier alpha value is -0.990. The van der Waals surface area contributed by atoms with Gasteiger partial charge < -0.3 is 9.47 Å². The van der Waals surface area contributed by atoms with Crippen LogP contribution < -0.4 is 0 Å². The summed E-state index contributed by atoms with van der Waals surface area (Å²) >= 11 is 0. The van der Waals surface area contributed by atoms with E-state index in [4.69, 9.17) is 9.47 Å². The highest BCUT2D eigenvalue weighted by Crippen LogP contribution is 2.25. The molecule has 0 spiro atoms. The quantitative estimate of drug-likeness (QED) is 0.391. The summed E-state index contributed by atoms with van der Waals surface area (Å²) in [6, 6.07) is 0. The van der Waals surface area contributed by atoms with Crippen LogP contribution in [0.5, 0.6) is 0 Å². The van der Waals surface area contributed by atoms with E-state index in [1.165, 1.54) is 51.4 Å². The maximum atomic E-state index is 11.7. The summed E-state index contributed by atoms with van der Waals surface area (Å²) < 4.78 is 10.7. The zero-order chi connectivity index (χ0) is 15.5. The Morgan fingerprint density at radius 2 is 1.62 bits per heavy atom. The standard InChI is InChI=1S/C18H32O3/c1-4-5-6-7-8-9-10-11-12-13-16-14-17(20-3)15(2)18(19)21-16/h16H,4-14H2,1-3H3. The number of carbonyl (C=O) groups is 1. The van der Waals surface area contributed by atoms with Crippen molar-refractivity contribution in [3.8, 4) is 0 Å². The Bertz CT molecular complexity index is 333. The molecule has 0 aromatic carbocycles. The van der Waals surface area contributed by atoms with Crippen molar-refractivity contribution in [2.75, 3.05) is 7.11 Å². The molecule has 1 aliphatic heterocycles. The van der Waals surface area contributed by atoms with Gasteiger partial charge in [0.05, 0.1) is 12.7 Å². The molecule has 21 heavy (non-hydrogen) atoms. The number of hydrogen-bond donors (Lipinski definition) is 0. The lowest BCUT2D eigenvalue weighted by Gasteiger charge is -2.25. The van der Waals surface area contributed by atoms with Crippen molar-refractivity contribution in [1.82, 2.24) is 0 Å². The van der Waals surface area contributed by atoms with Gasteiger partial charge in [0.15, 0.2) is 0 Å². The van der Waals surface area contributed by atoms with E-state index in [0.29, 0.717) is 5.57 Å². The molecule has 0 aromatic heterocycles. The SMILES string of the molecule is CCCCCCCCCCCC1CC(OC)=C(C)C(=O)O1. The molecule has 0 amide bonds. The van der Waals surface area contributed by atoms with Gasteiger partial charge in [-0.15, -0.1) is 0 Å². The van der Waals surface area contributed by atoms with Gasteiger partial charge in [-0.25, -0.2) is 4.79 Å². The maximum absolute atomic E-state index is 11.7. The lowest BCUT2D eigenvalue weighted by molar-refractivity contribution is -0.147. The van der Waals surface area contributed by atoms with Crippen molar-refractivity contribution in [1.29, 1.82) is 0 Å². The minimum atomic E-state index is -0.209. The summed E-state index contributed by atoms with van der Waals surface area (Å²) in [7, 11) is 1.63. The molecular weight excluding hydrogens is 264 g/mol. The second-order valence-electron chi connectivity index (χ2n) is 6.10. The molecular formula is C18H32O3. The normalized spacial score (nSPS) is 18.8. The van der Waals surface area contributed by atoms with Crippen LogP contribution in [-0.4, -0.2) is 19.2 Å². The van der Waals surface area contributed by atoms with Gasteiger partial charge in [0.1, 0.15) is 11.9 Å². The van der Waals surface area contributed by atoms with Gasteiger partial charge in [-0.05, 0) is 19.8 Å². The summed E-state index contributed by atoms with van der Waals surface area (Å²) in [5.74, 6) is 0.589. The molecule has 1 unspecified atom stereocenters. The number of cyclic esters (lactones) is 1. The van der Waals surface area contributed by atoms with Crippen LogP contribution in [0.4, 0.5) is 0 Å². The zero-order valence-electron chi connectivity index (χ0n) is 14.1. The van der Waals surface area contributed by atoms with Crippen molar-refractivity contribution >= 4 is 5.97 Å². The molecule has 1 aliphatic rings. The van der Waals surface area contributed by atoms with Crippen molar-refractivity contribution in [2.45, 2.75) is 90.6 Å². The van der Waals surface area contributed by atoms with E-state index in [-0.39, 0.29) is 12.1 Å². The molecule has 1 atom stereocenters. The monoisotopic (exact) mass is 296 g/mol. The number of ether oxygens (including phenoxy) is 2. The Morgan fingerprint density at radius 1 is 1.05 bits per heavy atom. The van der Waals surface area contributed by atoms with Crippen molar-refractivity contribution in [2.24, 2.45) is 0 Å². The fraction of sp³-hybridized carbons (Fsp3) is 0.833. The molecule has 122 valence electrons. The Labute approximate surface area is 130 Å². The van der Waals surface area contributed by atoms with E-state index in [1.54, 1.807) is 14.0 Å². The summed E-state index contributed by atoms with van der Waals surface area (Å²) in [6.45, 7) is 4.03. The molecule has 3 heteroatoms. The molecule has 0 bridgehead atoms. The summed E-state index contributed by atoms with van der Waals surface area (Å²) in [5.41, 5.74) is 0.626. The van der Waals surface area contributed by atoms with Gasteiger partial charge in [0.25, 0.3) is 0 Å². The topological polar surface area (TPSA) is 35.5 Å². The van der Waals surface area contributed by atoms with Gasteiger partial charge in [-0.1, -0.05) is 58.3 Å². The number of methoxy groups -OCH3 is 1. The number of hydrogen-bond acceptors (Lipinski definition) is 3. The second-order valence-corrected chi connectivity index (χ2v) is 6.10. The Morgan fingerprint density at radius 3 is 2.19 bits per heavy atom. The van der Waals surface area contributed by atoms with Gasteiger partial charge in [0.2, 0.25) is 0 Å². The van der Waals surface area contributed by atoms with Crippen LogP contribution in [0.1, 0.15) is 84.5 Å². The van der Waals surface area contributed by atoms with E-state index in [0.717, 1.165) is 25.0 Å². The number of esters is 1. The first kappa shape index (κ1) is 18.1. The van der Waals surface area contributed by atoms with E-state index < -0.39 is 0 Å². The molecule has 0 saturated carbocycles. The molecule has 0 aromatic rings. The van der Waals surface area contributed by atoms with Crippen LogP contribution in [0.15, 0.2) is 11.3 Å². The summed E-state index contributed by atoms with van der Waals surface area (Å²) in [6.07, 6.45) is 13.6. The van der Waals surface area contributed by atoms with Crippen molar-refractivity contribution in [3.63, 3.8) is 0 Å². The largest absolute Gasteiger partial charge is 0.500 e. The third-order valence-electron chi connectivity index (χ3n) is 4.29. The van der Waals surface area contributed by atoms with E-state index >= 15 is 0 Å². The van der Waals surface area contributed by atoms with Crippen LogP contribution in [0, 0.1) is 0 Å². The molecule has 0 radical (unpaired) electrons. The lowest BCUT2D eigenvalue weighted by Crippen LogP contribution is -2.26. The fourth-order valence-electron chi connectivity index (χ4n) is 2.84. The van der Waals surface area contributed by atoms with Crippen LogP contribution in [0.3, 0.4) is 0 Å². The van der Waals surface area contributed by atoms with E-state index in [1.807, 2.05) is 0 Å². The minimum absolute atomic E-state index is 0.0145. The first-order valence-electron chi connectivity index (χ1n) is 8.63. The predicted molar refractivity (Wildman–Crippen MR) is 86.1 cm³/mol. The van der Waals surface area contributed by atoms with Crippen LogP contribution >= 0.6 is 0 Å². The Kier molecular flexibility index (Phi) is 9.20. The highest BCUT2D eigenvalue weighted by Gasteiger charge is 2.26. The molecule has 0 aliphatic carbocycles. The highest BCUT2D eigenvalue weighted by atomic mass is 16.6. The van der Waals surface area contributed by atoms with Crippen LogP contribution in [-0.2, 0) is 14.3 Å². The van der Waals surface area contributed by atoms with E-state index in [9.17, 15) is 4.79 Å². The van der Waals surface area contributed by atoms with Crippen molar-refractivity contribution < 1.29 is 14.3 Å². The third-order valence-corrected chi connectivity index (χ3v) is 4.29. The average molecular weight is 296 g/mol. The molecule has 0 fully saturated rings. The van der Waals surface area contributed by atoms with E-state index in [2.05, 4.69) is 6.92 Å². The lowest BCUT2D eigenvalue weighted by atomic mass is 10.0. The average Bonchev–Trinajstić information content (AvgIpc) is 2.48. The number of unbranched alkanes of at least 4 members (excludes halogenated alkanes) is 8. The molecule has 1 heterocycles. The third kappa shape index (κ3) is 7.01. The van der Waals surface area contributed by atoms with Crippen LogP contribution in [0.25, 0.3) is 0 Å². The van der Waals surface area contributed by atoms with Crippen LogP contribution in [0.2, 0.25) is 0 Å². The highest BCUT2D eigenvalue weighted by molar-refractivity contribution is 5.89. The summed E-state index contributed by atoms with van der Waals surface area (Å²) in [4.78, 5) is 11.7. The molecule has 3 nitrogen and oxygen atoms in total. The fourth-order valence-corrected chi connectivity index (χ4v) is 2.84. The molecule has 0 N–H and O–H groups in total. The van der Waals surface area contributed by atoms with Gasteiger partial charge in [-0.3, -0.25) is 0 Å². The first-order chi connectivity index (χ1) is 10.2. The molecule has 0 saturated heterocycles. The zero-order valence-corrected chi connectivity index (χ0v) is 14.1.